The first kappa shape index (κ1) is 11.7. The van der Waals surface area contributed by atoms with Gasteiger partial charge in [0.1, 0.15) is 11.3 Å². The van der Waals surface area contributed by atoms with Gasteiger partial charge in [-0.1, -0.05) is 5.21 Å². The molecular weight excluding hydrogens is 242 g/mol. The fourth-order valence-electron chi connectivity index (χ4n) is 1.76. The van der Waals surface area contributed by atoms with Crippen molar-refractivity contribution < 1.29 is 5.11 Å². The third kappa shape index (κ3) is 2.17. The van der Waals surface area contributed by atoms with Gasteiger partial charge < -0.3 is 5.11 Å². The smallest absolute Gasteiger partial charge is 0.114 e. The van der Waals surface area contributed by atoms with Gasteiger partial charge in [-0.05, 0) is 32.0 Å². The molecule has 0 bridgehead atoms. The monoisotopic (exact) mass is 255 g/mol. The van der Waals surface area contributed by atoms with Crippen LogP contribution >= 0.6 is 0 Å². The molecule has 3 aromatic rings. The molecule has 0 saturated heterocycles. The minimum Gasteiger partial charge on any atom is -0.384 e. The van der Waals surface area contributed by atoms with Gasteiger partial charge in [0, 0.05) is 12.4 Å². The van der Waals surface area contributed by atoms with E-state index in [1.165, 1.54) is 0 Å². The topological polar surface area (TPSA) is 76.7 Å². The minimum atomic E-state index is -1.01. The third-order valence-electron chi connectivity index (χ3n) is 2.84. The lowest BCUT2D eigenvalue weighted by Gasteiger charge is -2.11. The van der Waals surface area contributed by atoms with E-state index in [1.54, 1.807) is 37.1 Å². The van der Waals surface area contributed by atoms with E-state index in [0.717, 1.165) is 16.7 Å². The van der Waals surface area contributed by atoms with E-state index in [-0.39, 0.29) is 0 Å². The van der Waals surface area contributed by atoms with Crippen LogP contribution in [0.15, 0.2) is 36.8 Å². The Bertz CT molecular complexity index is 729. The molecule has 0 unspecified atom stereocenters. The van der Waals surface area contributed by atoms with Crippen molar-refractivity contribution in [2.24, 2.45) is 0 Å². The Morgan fingerprint density at radius 2 is 1.84 bits per heavy atom. The fourth-order valence-corrected chi connectivity index (χ4v) is 1.76. The molecule has 0 fully saturated rings. The first-order valence-corrected chi connectivity index (χ1v) is 5.90. The van der Waals surface area contributed by atoms with Crippen LogP contribution in [0.2, 0.25) is 0 Å². The predicted octanol–water partition coefficient (Wildman–Crippen LogP) is 1.44. The zero-order chi connectivity index (χ0) is 13.5. The van der Waals surface area contributed by atoms with Crippen molar-refractivity contribution in [1.82, 2.24) is 25.0 Å². The summed E-state index contributed by atoms with van der Waals surface area (Å²) >= 11 is 0. The first-order chi connectivity index (χ1) is 9.04. The number of nitrogens with zero attached hydrogens (tertiary/aromatic N) is 5. The van der Waals surface area contributed by atoms with Crippen LogP contribution in [0.5, 0.6) is 0 Å². The SMILES string of the molecule is CC(C)(O)c1cn(-c2ccc3nccnc3c2)nn1. The van der Waals surface area contributed by atoms with Crippen LogP contribution < -0.4 is 0 Å². The lowest BCUT2D eigenvalue weighted by atomic mass is 10.1. The van der Waals surface area contributed by atoms with Crippen molar-refractivity contribution in [3.8, 4) is 5.69 Å². The molecule has 96 valence electrons. The molecule has 3 rings (SSSR count). The Labute approximate surface area is 109 Å². The van der Waals surface area contributed by atoms with Crippen molar-refractivity contribution in [3.05, 3.63) is 42.5 Å². The lowest BCUT2D eigenvalue weighted by Crippen LogP contribution is -2.15. The van der Waals surface area contributed by atoms with Crippen molar-refractivity contribution in [2.45, 2.75) is 19.4 Å². The van der Waals surface area contributed by atoms with Crippen LogP contribution in [0.4, 0.5) is 0 Å². The molecule has 0 radical (unpaired) electrons. The summed E-state index contributed by atoms with van der Waals surface area (Å²) in [4.78, 5) is 8.46. The first-order valence-electron chi connectivity index (χ1n) is 5.90. The number of aromatic nitrogens is 5. The van der Waals surface area contributed by atoms with E-state index in [0.29, 0.717) is 5.69 Å². The number of hydrogen-bond donors (Lipinski definition) is 1. The van der Waals surface area contributed by atoms with E-state index in [9.17, 15) is 5.11 Å². The Kier molecular flexibility index (Phi) is 2.53. The molecule has 2 aromatic heterocycles. The Balaban J connectivity index is 2.07. The summed E-state index contributed by atoms with van der Waals surface area (Å²) in [5, 5.41) is 17.9. The number of hydrogen-bond acceptors (Lipinski definition) is 5. The molecular formula is C13H13N5O. The molecule has 6 heteroatoms. The quantitative estimate of drug-likeness (QED) is 0.749. The summed E-state index contributed by atoms with van der Waals surface area (Å²) in [6, 6.07) is 5.65. The molecule has 2 heterocycles. The summed E-state index contributed by atoms with van der Waals surface area (Å²) in [6.07, 6.45) is 5.01. The van der Waals surface area contributed by atoms with E-state index in [4.69, 9.17) is 0 Å². The average Bonchev–Trinajstić information content (AvgIpc) is 2.87. The van der Waals surface area contributed by atoms with Crippen LogP contribution in [0.3, 0.4) is 0 Å². The van der Waals surface area contributed by atoms with E-state index < -0.39 is 5.60 Å². The molecule has 0 aliphatic carbocycles. The zero-order valence-corrected chi connectivity index (χ0v) is 10.6. The molecule has 0 atom stereocenters. The number of fused-ring (bicyclic) bond motifs is 1. The van der Waals surface area contributed by atoms with Crippen molar-refractivity contribution >= 4 is 11.0 Å². The normalized spacial score (nSPS) is 11.9. The van der Waals surface area contributed by atoms with Crippen molar-refractivity contribution in [2.75, 3.05) is 0 Å². The van der Waals surface area contributed by atoms with Gasteiger partial charge in [0.25, 0.3) is 0 Å². The van der Waals surface area contributed by atoms with Gasteiger partial charge in [-0.25, -0.2) is 4.68 Å². The minimum absolute atomic E-state index is 0.520. The van der Waals surface area contributed by atoms with Gasteiger partial charge in [0.05, 0.1) is 22.9 Å². The highest BCUT2D eigenvalue weighted by Gasteiger charge is 2.20. The van der Waals surface area contributed by atoms with E-state index in [2.05, 4.69) is 20.3 Å². The highest BCUT2D eigenvalue weighted by Crippen LogP contribution is 2.19. The van der Waals surface area contributed by atoms with Crippen LogP contribution in [0.1, 0.15) is 19.5 Å². The molecule has 0 aliphatic heterocycles. The van der Waals surface area contributed by atoms with E-state index >= 15 is 0 Å². The van der Waals surface area contributed by atoms with Crippen molar-refractivity contribution in [3.63, 3.8) is 0 Å². The van der Waals surface area contributed by atoms with Gasteiger partial charge in [0.2, 0.25) is 0 Å². The molecule has 6 nitrogen and oxygen atoms in total. The van der Waals surface area contributed by atoms with Gasteiger partial charge in [-0.3, -0.25) is 9.97 Å². The average molecular weight is 255 g/mol. The maximum atomic E-state index is 9.88. The summed E-state index contributed by atoms with van der Waals surface area (Å²) in [5.74, 6) is 0. The molecule has 0 aliphatic rings. The molecule has 1 N–H and O–H groups in total. The second-order valence-corrected chi connectivity index (χ2v) is 4.84. The number of benzene rings is 1. The standard InChI is InChI=1S/C13H13N5O/c1-13(2,19)12-8-18(17-16-12)9-3-4-10-11(7-9)15-6-5-14-10/h3-8,19H,1-2H3. The molecule has 0 amide bonds. The van der Waals surface area contributed by atoms with Gasteiger partial charge in [-0.15, -0.1) is 5.10 Å². The molecule has 19 heavy (non-hydrogen) atoms. The highest BCUT2D eigenvalue weighted by atomic mass is 16.3. The predicted molar refractivity (Wildman–Crippen MR) is 69.7 cm³/mol. The van der Waals surface area contributed by atoms with Crippen LogP contribution in [0, 0.1) is 0 Å². The Morgan fingerprint density at radius 3 is 2.53 bits per heavy atom. The summed E-state index contributed by atoms with van der Waals surface area (Å²) in [6.45, 7) is 3.35. The molecule has 0 saturated carbocycles. The van der Waals surface area contributed by atoms with Crippen LogP contribution in [-0.4, -0.2) is 30.1 Å². The van der Waals surface area contributed by atoms with Gasteiger partial charge in [-0.2, -0.15) is 0 Å². The number of rotatable bonds is 2. The summed E-state index contributed by atoms with van der Waals surface area (Å²) in [7, 11) is 0. The Morgan fingerprint density at radius 1 is 1.11 bits per heavy atom. The summed E-state index contributed by atoms with van der Waals surface area (Å²) < 4.78 is 1.61. The zero-order valence-electron chi connectivity index (χ0n) is 10.6. The molecule has 0 spiro atoms. The van der Waals surface area contributed by atoms with Gasteiger partial charge in [0.15, 0.2) is 0 Å². The summed E-state index contributed by atoms with van der Waals surface area (Å²) in [5.41, 5.74) is 1.96. The Hall–Kier alpha value is -2.34. The highest BCUT2D eigenvalue weighted by molar-refractivity contribution is 5.76. The molecule has 1 aromatic carbocycles. The van der Waals surface area contributed by atoms with Crippen molar-refractivity contribution in [1.29, 1.82) is 0 Å². The lowest BCUT2D eigenvalue weighted by molar-refractivity contribution is 0.0737. The second-order valence-electron chi connectivity index (χ2n) is 4.84. The largest absolute Gasteiger partial charge is 0.384 e. The third-order valence-corrected chi connectivity index (χ3v) is 2.84. The van der Waals surface area contributed by atoms with Crippen LogP contribution in [0.25, 0.3) is 16.7 Å². The second kappa shape index (κ2) is 4.10. The maximum Gasteiger partial charge on any atom is 0.114 e. The van der Waals surface area contributed by atoms with E-state index in [1.807, 2.05) is 18.2 Å². The van der Waals surface area contributed by atoms with Crippen LogP contribution in [-0.2, 0) is 5.60 Å². The van der Waals surface area contributed by atoms with Gasteiger partial charge >= 0.3 is 0 Å². The number of aliphatic hydroxyl groups is 1. The maximum absolute atomic E-state index is 9.88. The fraction of sp³-hybridized carbons (Fsp3) is 0.231.